The van der Waals surface area contributed by atoms with E-state index in [0.29, 0.717) is 0 Å². The number of nitrogens with two attached hydrogens (primary N) is 2. The maximum absolute atomic E-state index is 5.80. The van der Waals surface area contributed by atoms with E-state index < -0.39 is 0 Å². The number of nitrogen functional groups attached to an aromatic ring is 2. The molecule has 0 saturated heterocycles. The van der Waals surface area contributed by atoms with E-state index in [0.717, 1.165) is 11.4 Å². The third-order valence-corrected chi connectivity index (χ3v) is 6.84. The monoisotopic (exact) mass is 372 g/mol. The van der Waals surface area contributed by atoms with Crippen LogP contribution in [0.25, 0.3) is 41.1 Å². The second kappa shape index (κ2) is 5.87. The van der Waals surface area contributed by atoms with Crippen molar-refractivity contribution in [2.45, 2.75) is 0 Å². The van der Waals surface area contributed by atoms with Crippen LogP contribution < -0.4 is 11.5 Å². The summed E-state index contributed by atoms with van der Waals surface area (Å²) in [5.74, 6) is 0. The van der Waals surface area contributed by atoms with Gasteiger partial charge in [-0.2, -0.15) is 0 Å². The van der Waals surface area contributed by atoms with E-state index >= 15 is 0 Å². The molecule has 5 aromatic rings. The minimum absolute atomic E-state index is 0.797. The predicted molar refractivity (Wildman–Crippen MR) is 117 cm³/mol. The average molecular weight is 373 g/mol. The highest BCUT2D eigenvalue weighted by molar-refractivity contribution is 7.23. The molecule has 0 radical (unpaired) electrons. The van der Waals surface area contributed by atoms with Gasteiger partial charge in [0.2, 0.25) is 0 Å². The van der Waals surface area contributed by atoms with Crippen molar-refractivity contribution in [2.24, 2.45) is 0 Å². The molecule has 0 aliphatic rings. The fraction of sp³-hybridized carbons (Fsp3) is 0. The molecule has 0 saturated carbocycles. The molecule has 126 valence electrons. The van der Waals surface area contributed by atoms with Crippen LogP contribution >= 0.6 is 22.7 Å². The SMILES string of the molecule is Nc1ccc(-c2cc3cc4sc(-c5ccc(N)cc5)cc4cc3s2)cc1. The first kappa shape index (κ1) is 15.4. The topological polar surface area (TPSA) is 52.0 Å². The fourth-order valence-corrected chi connectivity index (χ4v) is 5.35. The van der Waals surface area contributed by atoms with Gasteiger partial charge < -0.3 is 11.5 Å². The van der Waals surface area contributed by atoms with Crippen LogP contribution in [0.15, 0.2) is 72.8 Å². The molecule has 0 amide bonds. The Kier molecular flexibility index (Phi) is 3.48. The summed E-state index contributed by atoms with van der Waals surface area (Å²) in [5.41, 5.74) is 15.6. The van der Waals surface area contributed by atoms with Crippen molar-refractivity contribution >= 4 is 54.2 Å². The Hall–Kier alpha value is -2.82. The number of hydrogen-bond donors (Lipinski definition) is 2. The molecule has 2 nitrogen and oxygen atoms in total. The first-order chi connectivity index (χ1) is 12.7. The van der Waals surface area contributed by atoms with Gasteiger partial charge in [-0.1, -0.05) is 24.3 Å². The summed E-state index contributed by atoms with van der Waals surface area (Å²) < 4.78 is 2.62. The minimum atomic E-state index is 0.797. The molecule has 26 heavy (non-hydrogen) atoms. The van der Waals surface area contributed by atoms with Gasteiger partial charge >= 0.3 is 0 Å². The number of anilines is 2. The lowest BCUT2D eigenvalue weighted by atomic mass is 10.1. The molecule has 3 aromatic carbocycles. The molecular weight excluding hydrogens is 356 g/mol. The Bertz CT molecular complexity index is 1080. The van der Waals surface area contributed by atoms with Crippen LogP contribution in [0.1, 0.15) is 0 Å². The van der Waals surface area contributed by atoms with Crippen LogP contribution in [0.3, 0.4) is 0 Å². The lowest BCUT2D eigenvalue weighted by Crippen LogP contribution is -1.82. The van der Waals surface area contributed by atoms with Crippen molar-refractivity contribution in [3.8, 4) is 20.9 Å². The largest absolute Gasteiger partial charge is 0.399 e. The number of hydrogen-bond acceptors (Lipinski definition) is 4. The molecule has 4 heteroatoms. The molecule has 0 bridgehead atoms. The molecule has 0 unspecified atom stereocenters. The second-order valence-corrected chi connectivity index (χ2v) is 8.56. The maximum atomic E-state index is 5.80. The average Bonchev–Trinajstić information content (AvgIpc) is 3.23. The van der Waals surface area contributed by atoms with Gasteiger partial charge in [-0.3, -0.25) is 0 Å². The van der Waals surface area contributed by atoms with E-state index in [1.165, 1.54) is 41.1 Å². The molecule has 0 atom stereocenters. The van der Waals surface area contributed by atoms with Crippen molar-refractivity contribution in [2.75, 3.05) is 11.5 Å². The van der Waals surface area contributed by atoms with Crippen molar-refractivity contribution in [1.82, 2.24) is 0 Å². The molecule has 0 fully saturated rings. The summed E-state index contributed by atoms with van der Waals surface area (Å²) in [4.78, 5) is 2.55. The maximum Gasteiger partial charge on any atom is 0.0356 e. The predicted octanol–water partition coefficient (Wildman–Crippen LogP) is 6.61. The zero-order valence-electron chi connectivity index (χ0n) is 13.9. The van der Waals surface area contributed by atoms with Crippen LogP contribution in [0.2, 0.25) is 0 Å². The molecule has 0 aliphatic carbocycles. The summed E-state index contributed by atoms with van der Waals surface area (Å²) in [6.07, 6.45) is 0. The normalized spacial score (nSPS) is 11.4. The first-order valence-corrected chi connectivity index (χ1v) is 9.98. The van der Waals surface area contributed by atoms with Crippen molar-refractivity contribution in [3.63, 3.8) is 0 Å². The highest BCUT2D eigenvalue weighted by Crippen LogP contribution is 2.40. The summed E-state index contributed by atoms with van der Waals surface area (Å²) in [7, 11) is 0. The highest BCUT2D eigenvalue weighted by Gasteiger charge is 2.09. The summed E-state index contributed by atoms with van der Waals surface area (Å²) >= 11 is 3.65. The molecule has 2 aromatic heterocycles. The smallest absolute Gasteiger partial charge is 0.0356 e. The minimum Gasteiger partial charge on any atom is -0.399 e. The van der Waals surface area contributed by atoms with Crippen LogP contribution in [-0.4, -0.2) is 0 Å². The highest BCUT2D eigenvalue weighted by atomic mass is 32.1. The lowest BCUT2D eigenvalue weighted by molar-refractivity contribution is 1.68. The van der Waals surface area contributed by atoms with Gasteiger partial charge in [0, 0.05) is 30.5 Å². The van der Waals surface area contributed by atoms with Gasteiger partial charge in [0.1, 0.15) is 0 Å². The number of rotatable bonds is 2. The van der Waals surface area contributed by atoms with E-state index in [4.69, 9.17) is 11.5 Å². The van der Waals surface area contributed by atoms with E-state index in [9.17, 15) is 0 Å². The summed E-state index contributed by atoms with van der Waals surface area (Å²) in [6, 6.07) is 25.3. The molecule has 2 heterocycles. The Morgan fingerprint density at radius 2 is 0.885 bits per heavy atom. The van der Waals surface area contributed by atoms with Crippen molar-refractivity contribution in [3.05, 3.63) is 72.8 Å². The van der Waals surface area contributed by atoms with Gasteiger partial charge in [-0.05, 0) is 70.4 Å². The van der Waals surface area contributed by atoms with Crippen LogP contribution in [0.5, 0.6) is 0 Å². The zero-order chi connectivity index (χ0) is 17.7. The third kappa shape index (κ3) is 2.64. The van der Waals surface area contributed by atoms with E-state index in [2.05, 4.69) is 48.5 Å². The summed E-state index contributed by atoms with van der Waals surface area (Å²) in [6.45, 7) is 0. The lowest BCUT2D eigenvalue weighted by Gasteiger charge is -1.97. The quantitative estimate of drug-likeness (QED) is 0.342. The van der Waals surface area contributed by atoms with Gasteiger partial charge in [0.05, 0.1) is 0 Å². The van der Waals surface area contributed by atoms with Crippen molar-refractivity contribution < 1.29 is 0 Å². The van der Waals surface area contributed by atoms with Crippen LogP contribution in [-0.2, 0) is 0 Å². The summed E-state index contributed by atoms with van der Waals surface area (Å²) in [5, 5.41) is 2.58. The fourth-order valence-electron chi connectivity index (χ4n) is 3.15. The van der Waals surface area contributed by atoms with Gasteiger partial charge in [0.15, 0.2) is 0 Å². The Morgan fingerprint density at radius 1 is 0.500 bits per heavy atom. The molecule has 4 N–H and O–H groups in total. The number of thiophene rings is 2. The van der Waals surface area contributed by atoms with Gasteiger partial charge in [-0.15, -0.1) is 22.7 Å². The second-order valence-electron chi connectivity index (χ2n) is 6.39. The van der Waals surface area contributed by atoms with Crippen LogP contribution in [0.4, 0.5) is 11.4 Å². The first-order valence-electron chi connectivity index (χ1n) is 8.35. The molecular formula is C22H16N2S2. The van der Waals surface area contributed by atoms with E-state index in [-0.39, 0.29) is 0 Å². The van der Waals surface area contributed by atoms with E-state index in [1.807, 2.05) is 46.9 Å². The number of fused-ring (bicyclic) bond motifs is 2. The van der Waals surface area contributed by atoms with Crippen molar-refractivity contribution in [1.29, 1.82) is 0 Å². The Balaban J connectivity index is 1.60. The number of benzene rings is 3. The molecule has 0 aliphatic heterocycles. The van der Waals surface area contributed by atoms with Gasteiger partial charge in [-0.25, -0.2) is 0 Å². The molecule has 0 spiro atoms. The Morgan fingerprint density at radius 3 is 1.27 bits per heavy atom. The van der Waals surface area contributed by atoms with E-state index in [1.54, 1.807) is 0 Å². The van der Waals surface area contributed by atoms with Crippen LogP contribution in [0, 0.1) is 0 Å². The molecule has 5 rings (SSSR count). The third-order valence-electron chi connectivity index (χ3n) is 4.55. The standard InChI is InChI=1S/C22H16N2S2/c23-17-5-1-13(2-6-17)19-9-15-11-22-16(12-21(15)25-19)10-20(26-22)14-3-7-18(24)8-4-14/h1-12H,23-24H2. The zero-order valence-corrected chi connectivity index (χ0v) is 15.5. The van der Waals surface area contributed by atoms with Gasteiger partial charge in [0.25, 0.3) is 0 Å². The Labute approximate surface area is 159 Å².